The van der Waals surface area contributed by atoms with Gasteiger partial charge in [-0.25, -0.2) is 0 Å². The van der Waals surface area contributed by atoms with Gasteiger partial charge in [-0.3, -0.25) is 4.79 Å². The summed E-state index contributed by atoms with van der Waals surface area (Å²) >= 11 is 1.38. The van der Waals surface area contributed by atoms with Crippen LogP contribution >= 0.6 is 11.3 Å². The van der Waals surface area contributed by atoms with Crippen molar-refractivity contribution in [2.45, 2.75) is 6.92 Å². The molecule has 0 unspecified atom stereocenters. The number of amides is 1. The van der Waals surface area contributed by atoms with Gasteiger partial charge in [0, 0.05) is 20.2 Å². The number of anilines is 1. The smallest absolute Gasteiger partial charge is 0.266 e. The van der Waals surface area contributed by atoms with Crippen molar-refractivity contribution in [1.29, 1.82) is 0 Å². The monoisotopic (exact) mass is 228 g/mol. The number of ether oxygens (including phenoxy) is 1. The number of nitrogen functional groups attached to an aromatic ring is 1. The first-order valence-electron chi connectivity index (χ1n) is 4.81. The van der Waals surface area contributed by atoms with Crippen molar-refractivity contribution in [2.24, 2.45) is 0 Å². The lowest BCUT2D eigenvalue weighted by Crippen LogP contribution is -2.33. The molecule has 0 atom stereocenters. The molecule has 0 aliphatic carbocycles. The van der Waals surface area contributed by atoms with Crippen LogP contribution < -0.4 is 5.73 Å². The van der Waals surface area contributed by atoms with Gasteiger partial charge in [-0.2, -0.15) is 0 Å². The Labute approximate surface area is 93.6 Å². The fourth-order valence-corrected chi connectivity index (χ4v) is 2.03. The molecule has 0 spiro atoms. The normalized spacial score (nSPS) is 10.3. The highest BCUT2D eigenvalue weighted by atomic mass is 32.1. The summed E-state index contributed by atoms with van der Waals surface area (Å²) in [5.74, 6) is -0.0120. The summed E-state index contributed by atoms with van der Waals surface area (Å²) in [5, 5.41) is 1.83. The summed E-state index contributed by atoms with van der Waals surface area (Å²) in [6.07, 6.45) is 0. The minimum Gasteiger partial charge on any atom is -0.397 e. The third kappa shape index (κ3) is 2.94. The first-order valence-corrected chi connectivity index (χ1v) is 5.69. The van der Waals surface area contributed by atoms with Crippen LogP contribution in [-0.4, -0.2) is 37.6 Å². The molecule has 0 saturated heterocycles. The van der Waals surface area contributed by atoms with Crippen LogP contribution in [0.1, 0.15) is 16.6 Å². The molecule has 1 amide bonds. The summed E-state index contributed by atoms with van der Waals surface area (Å²) in [7, 11) is 1.62. The van der Waals surface area contributed by atoms with Crippen molar-refractivity contribution in [2.75, 3.05) is 32.5 Å². The van der Waals surface area contributed by atoms with Gasteiger partial charge in [0.05, 0.1) is 12.3 Å². The lowest BCUT2D eigenvalue weighted by Gasteiger charge is -2.19. The van der Waals surface area contributed by atoms with Crippen LogP contribution in [0, 0.1) is 0 Å². The summed E-state index contributed by atoms with van der Waals surface area (Å²) < 4.78 is 4.95. The van der Waals surface area contributed by atoms with Crippen molar-refractivity contribution < 1.29 is 9.53 Å². The molecule has 4 nitrogen and oxygen atoms in total. The van der Waals surface area contributed by atoms with Gasteiger partial charge < -0.3 is 15.4 Å². The van der Waals surface area contributed by atoms with E-state index >= 15 is 0 Å². The zero-order chi connectivity index (χ0) is 11.3. The van der Waals surface area contributed by atoms with E-state index in [0.717, 1.165) is 0 Å². The number of carbonyl (C=O) groups excluding carboxylic acids is 1. The highest BCUT2D eigenvalue weighted by molar-refractivity contribution is 7.12. The van der Waals surface area contributed by atoms with Crippen LogP contribution in [0.15, 0.2) is 11.4 Å². The number of thiophene rings is 1. The molecule has 1 rings (SSSR count). The number of carbonyl (C=O) groups is 1. The number of rotatable bonds is 5. The van der Waals surface area contributed by atoms with E-state index in [9.17, 15) is 4.79 Å². The molecule has 0 aliphatic heterocycles. The van der Waals surface area contributed by atoms with Crippen LogP contribution in [0.25, 0.3) is 0 Å². The second kappa shape index (κ2) is 5.72. The summed E-state index contributed by atoms with van der Waals surface area (Å²) in [6.45, 7) is 3.75. The van der Waals surface area contributed by atoms with Crippen LogP contribution in [0.5, 0.6) is 0 Å². The van der Waals surface area contributed by atoms with E-state index < -0.39 is 0 Å². The van der Waals surface area contributed by atoms with Gasteiger partial charge in [0.1, 0.15) is 4.88 Å². The Hall–Kier alpha value is -1.07. The number of likely N-dealkylation sites (N-methyl/N-ethyl adjacent to an activating group) is 1. The predicted molar refractivity (Wildman–Crippen MR) is 62.2 cm³/mol. The largest absolute Gasteiger partial charge is 0.397 e. The quantitative estimate of drug-likeness (QED) is 0.829. The van der Waals surface area contributed by atoms with E-state index in [4.69, 9.17) is 10.5 Å². The van der Waals surface area contributed by atoms with Crippen molar-refractivity contribution in [1.82, 2.24) is 4.90 Å². The van der Waals surface area contributed by atoms with Crippen LogP contribution in [0.3, 0.4) is 0 Å². The van der Waals surface area contributed by atoms with Crippen molar-refractivity contribution in [3.8, 4) is 0 Å². The van der Waals surface area contributed by atoms with Crippen molar-refractivity contribution in [3.63, 3.8) is 0 Å². The third-order valence-electron chi connectivity index (χ3n) is 2.12. The number of methoxy groups -OCH3 is 1. The fraction of sp³-hybridized carbons (Fsp3) is 0.500. The van der Waals surface area contributed by atoms with Gasteiger partial charge in [-0.1, -0.05) is 0 Å². The third-order valence-corrected chi connectivity index (χ3v) is 3.04. The maximum absolute atomic E-state index is 12.0. The van der Waals surface area contributed by atoms with Crippen LogP contribution in [-0.2, 0) is 4.74 Å². The minimum atomic E-state index is -0.0120. The molecule has 0 saturated carbocycles. The van der Waals surface area contributed by atoms with E-state index in [1.54, 1.807) is 18.1 Å². The van der Waals surface area contributed by atoms with Crippen LogP contribution in [0.2, 0.25) is 0 Å². The molecule has 1 aromatic heterocycles. The van der Waals surface area contributed by atoms with Gasteiger partial charge in [-0.15, -0.1) is 11.3 Å². The standard InChI is InChI=1S/C10H16N2O2S/c1-3-12(5-6-14-2)10(13)9-8(11)4-7-15-9/h4,7H,3,5-6,11H2,1-2H3. The number of hydrogen-bond acceptors (Lipinski definition) is 4. The molecule has 15 heavy (non-hydrogen) atoms. The number of hydrogen-bond donors (Lipinski definition) is 1. The lowest BCUT2D eigenvalue weighted by atomic mass is 10.3. The van der Waals surface area contributed by atoms with E-state index in [-0.39, 0.29) is 5.91 Å². The van der Waals surface area contributed by atoms with Gasteiger partial charge in [0.25, 0.3) is 5.91 Å². The molecular formula is C10H16N2O2S. The SMILES string of the molecule is CCN(CCOC)C(=O)c1sccc1N. The highest BCUT2D eigenvalue weighted by Crippen LogP contribution is 2.20. The van der Waals surface area contributed by atoms with E-state index in [1.165, 1.54) is 11.3 Å². The molecule has 5 heteroatoms. The molecule has 0 fully saturated rings. The van der Waals surface area contributed by atoms with E-state index in [0.29, 0.717) is 30.3 Å². The molecule has 2 N–H and O–H groups in total. The minimum absolute atomic E-state index is 0.0120. The Bertz CT molecular complexity index is 325. The van der Waals surface area contributed by atoms with Crippen molar-refractivity contribution in [3.05, 3.63) is 16.3 Å². The molecular weight excluding hydrogens is 212 g/mol. The first kappa shape index (κ1) is 12.0. The van der Waals surface area contributed by atoms with Crippen molar-refractivity contribution >= 4 is 22.9 Å². The molecule has 84 valence electrons. The van der Waals surface area contributed by atoms with E-state index in [2.05, 4.69) is 0 Å². The van der Waals surface area contributed by atoms with Crippen LogP contribution in [0.4, 0.5) is 5.69 Å². The molecule has 0 aromatic carbocycles. The topological polar surface area (TPSA) is 55.6 Å². The number of nitrogens with two attached hydrogens (primary N) is 1. The summed E-state index contributed by atoms with van der Waals surface area (Å²) in [5.41, 5.74) is 6.25. The summed E-state index contributed by atoms with van der Waals surface area (Å²) in [4.78, 5) is 14.3. The maximum atomic E-state index is 12.0. The van der Waals surface area contributed by atoms with E-state index in [1.807, 2.05) is 12.3 Å². The maximum Gasteiger partial charge on any atom is 0.266 e. The molecule has 1 heterocycles. The lowest BCUT2D eigenvalue weighted by molar-refractivity contribution is 0.0712. The first-order chi connectivity index (χ1) is 7.20. The summed E-state index contributed by atoms with van der Waals surface area (Å²) in [6, 6.07) is 1.75. The Kier molecular flexibility index (Phi) is 4.58. The van der Waals surface area contributed by atoms with Gasteiger partial charge in [0.2, 0.25) is 0 Å². The average molecular weight is 228 g/mol. The second-order valence-corrected chi connectivity index (χ2v) is 4.00. The Morgan fingerprint density at radius 3 is 2.87 bits per heavy atom. The second-order valence-electron chi connectivity index (χ2n) is 3.08. The predicted octanol–water partition coefficient (Wildman–Crippen LogP) is 1.44. The Morgan fingerprint density at radius 1 is 1.67 bits per heavy atom. The van der Waals surface area contributed by atoms with Gasteiger partial charge in [0.15, 0.2) is 0 Å². The molecule has 0 bridgehead atoms. The van der Waals surface area contributed by atoms with Gasteiger partial charge >= 0.3 is 0 Å². The zero-order valence-corrected chi connectivity index (χ0v) is 9.84. The van der Waals surface area contributed by atoms with Gasteiger partial charge in [-0.05, 0) is 18.4 Å². The Balaban J connectivity index is 2.69. The molecule has 0 aliphatic rings. The molecule has 0 radical (unpaired) electrons. The average Bonchev–Trinajstić information content (AvgIpc) is 2.65. The highest BCUT2D eigenvalue weighted by Gasteiger charge is 2.17. The molecule has 1 aromatic rings. The zero-order valence-electron chi connectivity index (χ0n) is 9.03. The Morgan fingerprint density at radius 2 is 2.40 bits per heavy atom. The fourth-order valence-electron chi connectivity index (χ4n) is 1.24. The number of nitrogens with zero attached hydrogens (tertiary/aromatic N) is 1.